The molecule has 0 spiro atoms. The number of hydrogen-bond donors (Lipinski definition) is 1. The molecule has 1 heterocycles. The van der Waals surface area contributed by atoms with Gasteiger partial charge in [0.15, 0.2) is 0 Å². The van der Waals surface area contributed by atoms with Gasteiger partial charge in [-0.2, -0.15) is 17.0 Å². The Hall–Kier alpha value is -3.21. The third-order valence-electron chi connectivity index (χ3n) is 5.35. The van der Waals surface area contributed by atoms with Crippen LogP contribution in [0.1, 0.15) is 29.3 Å². The van der Waals surface area contributed by atoms with Crippen molar-refractivity contribution in [1.82, 2.24) is 13.6 Å². The summed E-state index contributed by atoms with van der Waals surface area (Å²) in [7, 11) is -1.23. The number of ether oxygens (including phenoxy) is 1. The lowest BCUT2D eigenvalue weighted by atomic mass is 10.1. The number of rotatable bonds is 10. The maximum absolute atomic E-state index is 12.7. The number of carbonyl (C=O) groups is 1. The predicted molar refractivity (Wildman–Crippen MR) is 127 cm³/mol. The summed E-state index contributed by atoms with van der Waals surface area (Å²) >= 11 is 0. The Morgan fingerprint density at radius 2 is 1.91 bits per heavy atom. The van der Waals surface area contributed by atoms with Crippen LogP contribution in [0.3, 0.4) is 0 Å². The van der Waals surface area contributed by atoms with Crippen LogP contribution < -0.4 is 4.74 Å². The Bertz CT molecular complexity index is 1270. The van der Waals surface area contributed by atoms with E-state index in [1.54, 1.807) is 30.5 Å². The average molecular weight is 488 g/mol. The molecule has 0 saturated carbocycles. The van der Waals surface area contributed by atoms with Gasteiger partial charge in [-0.15, -0.1) is 0 Å². The van der Waals surface area contributed by atoms with E-state index in [-0.39, 0.29) is 13.2 Å². The summed E-state index contributed by atoms with van der Waals surface area (Å²) in [6.07, 6.45) is 1.54. The first-order chi connectivity index (χ1) is 16.0. The normalized spacial score (nSPS) is 12.8. The molecule has 0 radical (unpaired) electrons. The molecule has 10 heteroatoms. The largest absolute Gasteiger partial charge is 0.487 e. The van der Waals surface area contributed by atoms with E-state index in [0.29, 0.717) is 22.9 Å². The molecule has 0 aliphatic rings. The van der Waals surface area contributed by atoms with Crippen molar-refractivity contribution in [3.05, 3.63) is 71.1 Å². The molecule has 0 aliphatic heterocycles. The van der Waals surface area contributed by atoms with Crippen LogP contribution >= 0.6 is 0 Å². The Balaban J connectivity index is 1.74. The van der Waals surface area contributed by atoms with E-state index in [1.165, 1.54) is 21.0 Å². The molecule has 1 N–H and O–H groups in total. The van der Waals surface area contributed by atoms with E-state index in [2.05, 4.69) is 4.98 Å². The molecule has 34 heavy (non-hydrogen) atoms. The van der Waals surface area contributed by atoms with Crippen molar-refractivity contribution in [2.24, 2.45) is 0 Å². The molecule has 0 unspecified atom stereocenters. The maximum atomic E-state index is 12.7. The van der Waals surface area contributed by atoms with Crippen LogP contribution in [0, 0.1) is 13.8 Å². The van der Waals surface area contributed by atoms with E-state index in [0.717, 1.165) is 25.3 Å². The van der Waals surface area contributed by atoms with Crippen molar-refractivity contribution in [3.63, 3.8) is 0 Å². The molecule has 1 aromatic heterocycles. The lowest BCUT2D eigenvalue weighted by Gasteiger charge is -2.28. The summed E-state index contributed by atoms with van der Waals surface area (Å²) in [6.45, 7) is 5.37. The van der Waals surface area contributed by atoms with Gasteiger partial charge in [0.1, 0.15) is 30.4 Å². The minimum atomic E-state index is -3.96. The Morgan fingerprint density at radius 3 is 2.59 bits per heavy atom. The zero-order chi connectivity index (χ0) is 25.0. The highest BCUT2D eigenvalue weighted by atomic mass is 32.2. The monoisotopic (exact) mass is 487 g/mol. The quantitative estimate of drug-likeness (QED) is 0.465. The van der Waals surface area contributed by atoms with E-state index in [1.807, 2.05) is 32.0 Å². The third kappa shape index (κ3) is 5.82. The Kier molecular flexibility index (Phi) is 7.75. The van der Waals surface area contributed by atoms with Gasteiger partial charge in [0, 0.05) is 26.2 Å². The van der Waals surface area contributed by atoms with Crippen molar-refractivity contribution >= 4 is 16.2 Å². The second kappa shape index (κ2) is 10.4. The first kappa shape index (κ1) is 25.4. The number of aliphatic carboxylic acids is 1. The SMILES string of the molecule is Cc1ccc(C)c(-c2nc(COc3cccc(CN([C@@H](C)C(=O)O)S(=O)(=O)N(C)C)c3)co2)c1. The molecular weight excluding hydrogens is 458 g/mol. The smallest absolute Gasteiger partial charge is 0.321 e. The van der Waals surface area contributed by atoms with Gasteiger partial charge >= 0.3 is 5.97 Å². The first-order valence-corrected chi connectivity index (χ1v) is 12.0. The molecule has 0 bridgehead atoms. The third-order valence-corrected chi connectivity index (χ3v) is 7.31. The number of carboxylic acids is 1. The number of hydrogen-bond acceptors (Lipinski definition) is 6. The van der Waals surface area contributed by atoms with Gasteiger partial charge in [-0.25, -0.2) is 4.98 Å². The second-order valence-corrected chi connectivity index (χ2v) is 10.3. The molecular formula is C24H29N3O6S. The predicted octanol–water partition coefficient (Wildman–Crippen LogP) is 3.62. The number of aryl methyl sites for hydroxylation is 2. The second-order valence-electron chi connectivity index (χ2n) is 8.25. The molecule has 3 rings (SSSR count). The fraction of sp³-hybridized carbons (Fsp3) is 0.333. The topological polar surface area (TPSA) is 113 Å². The molecule has 0 amide bonds. The van der Waals surface area contributed by atoms with Crippen LogP contribution in [0.4, 0.5) is 0 Å². The van der Waals surface area contributed by atoms with Gasteiger partial charge in [-0.05, 0) is 50.1 Å². The Labute approximate surface area is 199 Å². The lowest BCUT2D eigenvalue weighted by molar-refractivity contribution is -0.141. The number of carboxylic acid groups (broad SMARTS) is 1. The number of benzene rings is 2. The van der Waals surface area contributed by atoms with E-state index in [4.69, 9.17) is 9.15 Å². The van der Waals surface area contributed by atoms with Gasteiger partial charge in [0.25, 0.3) is 10.2 Å². The van der Waals surface area contributed by atoms with E-state index < -0.39 is 22.2 Å². The fourth-order valence-electron chi connectivity index (χ4n) is 3.29. The van der Waals surface area contributed by atoms with Crippen LogP contribution in [0.5, 0.6) is 5.75 Å². The standard InChI is InChI=1S/C24H29N3O6S/c1-16-9-10-17(2)22(11-16)23-25-20(15-33-23)14-32-21-8-6-7-19(12-21)13-27(18(3)24(28)29)34(30,31)26(4)5/h6-12,15,18H,13-14H2,1-5H3,(H,28,29)/t18-/m0/s1. The molecule has 9 nitrogen and oxygen atoms in total. The van der Waals surface area contributed by atoms with Gasteiger partial charge in [0.05, 0.1) is 0 Å². The summed E-state index contributed by atoms with van der Waals surface area (Å²) < 4.78 is 38.8. The summed E-state index contributed by atoms with van der Waals surface area (Å²) in [6, 6.07) is 11.7. The minimum Gasteiger partial charge on any atom is -0.487 e. The summed E-state index contributed by atoms with van der Waals surface area (Å²) in [4.78, 5) is 16.0. The molecule has 1 atom stereocenters. The summed E-state index contributed by atoms with van der Waals surface area (Å²) in [5, 5.41) is 9.39. The van der Waals surface area contributed by atoms with Crippen LogP contribution in [-0.2, 0) is 28.2 Å². The first-order valence-electron chi connectivity index (χ1n) is 10.6. The zero-order valence-corrected chi connectivity index (χ0v) is 20.7. The molecule has 3 aromatic rings. The van der Waals surface area contributed by atoms with Crippen molar-refractivity contribution < 1.29 is 27.5 Å². The van der Waals surface area contributed by atoms with E-state index >= 15 is 0 Å². The van der Waals surface area contributed by atoms with Crippen LogP contribution in [-0.4, -0.2) is 53.2 Å². The molecule has 2 aromatic carbocycles. The van der Waals surface area contributed by atoms with Crippen molar-refractivity contribution in [2.75, 3.05) is 14.1 Å². The van der Waals surface area contributed by atoms with Gasteiger partial charge < -0.3 is 14.3 Å². The van der Waals surface area contributed by atoms with Crippen molar-refractivity contribution in [1.29, 1.82) is 0 Å². The Morgan fingerprint density at radius 1 is 1.18 bits per heavy atom. The molecule has 0 fully saturated rings. The number of nitrogens with zero attached hydrogens (tertiary/aromatic N) is 3. The molecule has 182 valence electrons. The minimum absolute atomic E-state index is 0.119. The van der Waals surface area contributed by atoms with E-state index in [9.17, 15) is 18.3 Å². The van der Waals surface area contributed by atoms with Gasteiger partial charge in [-0.3, -0.25) is 4.79 Å². The van der Waals surface area contributed by atoms with Crippen molar-refractivity contribution in [2.45, 2.75) is 40.0 Å². The number of oxazole rings is 1. The maximum Gasteiger partial charge on any atom is 0.321 e. The molecule has 0 aliphatic carbocycles. The highest BCUT2D eigenvalue weighted by molar-refractivity contribution is 7.86. The van der Waals surface area contributed by atoms with Crippen LogP contribution in [0.15, 0.2) is 53.1 Å². The fourth-order valence-corrected chi connectivity index (χ4v) is 4.51. The number of aromatic nitrogens is 1. The summed E-state index contributed by atoms with van der Waals surface area (Å²) in [5.41, 5.74) is 4.28. The highest BCUT2D eigenvalue weighted by Crippen LogP contribution is 2.25. The average Bonchev–Trinajstić information content (AvgIpc) is 3.26. The summed E-state index contributed by atoms with van der Waals surface area (Å²) in [5.74, 6) is -0.219. The highest BCUT2D eigenvalue weighted by Gasteiger charge is 2.33. The molecule has 0 saturated heterocycles. The van der Waals surface area contributed by atoms with Crippen LogP contribution in [0.2, 0.25) is 0 Å². The van der Waals surface area contributed by atoms with Gasteiger partial charge in [-0.1, -0.05) is 29.8 Å². The zero-order valence-electron chi connectivity index (χ0n) is 19.8. The van der Waals surface area contributed by atoms with Crippen molar-refractivity contribution in [3.8, 4) is 17.2 Å². The van der Waals surface area contributed by atoms with Gasteiger partial charge in [0.2, 0.25) is 5.89 Å². The lowest BCUT2D eigenvalue weighted by Crippen LogP contribution is -2.47. The van der Waals surface area contributed by atoms with Crippen LogP contribution in [0.25, 0.3) is 11.5 Å².